The number of piperidine rings is 1. The van der Waals surface area contributed by atoms with E-state index in [2.05, 4.69) is 36.1 Å². The maximum atomic E-state index is 5.98. The summed E-state index contributed by atoms with van der Waals surface area (Å²) in [7, 11) is 0. The van der Waals surface area contributed by atoms with Gasteiger partial charge in [-0.25, -0.2) is 0 Å². The highest BCUT2D eigenvalue weighted by atomic mass is 16.5. The third-order valence-electron chi connectivity index (χ3n) is 4.80. The summed E-state index contributed by atoms with van der Waals surface area (Å²) in [5.41, 5.74) is 3.14. The van der Waals surface area contributed by atoms with Crippen molar-refractivity contribution in [1.82, 2.24) is 4.90 Å². The topological polar surface area (TPSA) is 12.5 Å². The molecule has 1 aromatic rings. The average molecular weight is 273 g/mol. The Kier molecular flexibility index (Phi) is 4.74. The van der Waals surface area contributed by atoms with Crippen LogP contribution in [0, 0.1) is 0 Å². The minimum absolute atomic E-state index is 0.473. The smallest absolute Gasteiger partial charge is 0.0702 e. The van der Waals surface area contributed by atoms with Crippen molar-refractivity contribution in [2.45, 2.75) is 57.6 Å². The monoisotopic (exact) mass is 273 g/mol. The van der Waals surface area contributed by atoms with Crippen molar-refractivity contribution < 1.29 is 4.74 Å². The molecule has 1 aliphatic heterocycles. The molecule has 3 rings (SSSR count). The predicted molar refractivity (Wildman–Crippen MR) is 83.1 cm³/mol. The summed E-state index contributed by atoms with van der Waals surface area (Å²) in [4.78, 5) is 2.69. The SMILES string of the molecule is CCCO[C@H]1CCCN([C@H]2CCc3ccccc3C2)C1. The van der Waals surface area contributed by atoms with Gasteiger partial charge in [0.05, 0.1) is 6.10 Å². The van der Waals surface area contributed by atoms with E-state index in [1.807, 2.05) is 0 Å². The molecule has 0 unspecified atom stereocenters. The summed E-state index contributed by atoms with van der Waals surface area (Å²) < 4.78 is 5.98. The van der Waals surface area contributed by atoms with Crippen LogP contribution in [0.5, 0.6) is 0 Å². The van der Waals surface area contributed by atoms with E-state index in [0.29, 0.717) is 6.10 Å². The Balaban J connectivity index is 1.59. The molecule has 2 atom stereocenters. The third-order valence-corrected chi connectivity index (χ3v) is 4.80. The standard InChI is InChI=1S/C18H27NO/c1-2-12-20-18-8-5-11-19(14-18)17-10-9-15-6-3-4-7-16(15)13-17/h3-4,6-7,17-18H,2,5,8-14H2,1H3/t17-,18-/m0/s1. The third kappa shape index (κ3) is 3.24. The molecule has 0 saturated carbocycles. The maximum absolute atomic E-state index is 5.98. The number of aryl methyl sites for hydroxylation is 1. The summed E-state index contributed by atoms with van der Waals surface area (Å²) in [6.07, 6.45) is 7.95. The highest BCUT2D eigenvalue weighted by Crippen LogP contribution is 2.27. The lowest BCUT2D eigenvalue weighted by atomic mass is 9.86. The Morgan fingerprint density at radius 3 is 2.90 bits per heavy atom. The van der Waals surface area contributed by atoms with Crippen LogP contribution in [-0.4, -0.2) is 36.7 Å². The quantitative estimate of drug-likeness (QED) is 0.833. The average Bonchev–Trinajstić information content (AvgIpc) is 2.53. The Morgan fingerprint density at radius 1 is 1.20 bits per heavy atom. The lowest BCUT2D eigenvalue weighted by molar-refractivity contribution is -0.0142. The van der Waals surface area contributed by atoms with E-state index >= 15 is 0 Å². The summed E-state index contributed by atoms with van der Waals surface area (Å²) >= 11 is 0. The zero-order valence-corrected chi connectivity index (χ0v) is 12.7. The molecule has 1 aliphatic carbocycles. The first-order valence-electron chi connectivity index (χ1n) is 8.29. The van der Waals surface area contributed by atoms with Gasteiger partial charge in [-0.05, 0) is 56.2 Å². The highest BCUT2D eigenvalue weighted by molar-refractivity contribution is 5.30. The predicted octanol–water partition coefficient (Wildman–Crippen LogP) is 3.43. The van der Waals surface area contributed by atoms with Crippen LogP contribution in [0.1, 0.15) is 43.7 Å². The lowest BCUT2D eigenvalue weighted by Crippen LogP contribution is -2.47. The molecule has 0 aromatic heterocycles. The van der Waals surface area contributed by atoms with Gasteiger partial charge >= 0.3 is 0 Å². The number of rotatable bonds is 4. The molecule has 0 bridgehead atoms. The Hall–Kier alpha value is -0.860. The Labute approximate surface area is 123 Å². The molecule has 0 N–H and O–H groups in total. The van der Waals surface area contributed by atoms with Crippen LogP contribution in [0.25, 0.3) is 0 Å². The van der Waals surface area contributed by atoms with Crippen LogP contribution in [0.3, 0.4) is 0 Å². The first kappa shape index (κ1) is 14.1. The number of nitrogens with zero attached hydrogens (tertiary/aromatic N) is 1. The molecule has 2 aliphatic rings. The van der Waals surface area contributed by atoms with E-state index in [9.17, 15) is 0 Å². The van der Waals surface area contributed by atoms with Gasteiger partial charge in [0.2, 0.25) is 0 Å². The molecule has 1 aromatic carbocycles. The first-order chi connectivity index (χ1) is 9.86. The van der Waals surface area contributed by atoms with Crippen LogP contribution >= 0.6 is 0 Å². The van der Waals surface area contributed by atoms with Crippen molar-refractivity contribution in [3.05, 3.63) is 35.4 Å². The Morgan fingerprint density at radius 2 is 2.05 bits per heavy atom. The minimum atomic E-state index is 0.473. The van der Waals surface area contributed by atoms with Crippen molar-refractivity contribution in [3.63, 3.8) is 0 Å². The molecule has 20 heavy (non-hydrogen) atoms. The van der Waals surface area contributed by atoms with Crippen LogP contribution in [-0.2, 0) is 17.6 Å². The van der Waals surface area contributed by atoms with Crippen LogP contribution < -0.4 is 0 Å². The number of ether oxygens (including phenoxy) is 1. The van der Waals surface area contributed by atoms with Gasteiger partial charge in [0.1, 0.15) is 0 Å². The molecule has 110 valence electrons. The normalized spacial score (nSPS) is 27.2. The molecule has 1 saturated heterocycles. The van der Waals surface area contributed by atoms with Crippen LogP contribution in [0.4, 0.5) is 0 Å². The number of hydrogen-bond acceptors (Lipinski definition) is 2. The van der Waals surface area contributed by atoms with Crippen LogP contribution in [0.2, 0.25) is 0 Å². The highest BCUT2D eigenvalue weighted by Gasteiger charge is 2.28. The summed E-state index contributed by atoms with van der Waals surface area (Å²) in [5.74, 6) is 0. The molecule has 0 radical (unpaired) electrons. The molecule has 0 amide bonds. The van der Waals surface area contributed by atoms with Gasteiger partial charge in [0, 0.05) is 19.2 Å². The van der Waals surface area contributed by atoms with Gasteiger partial charge in [-0.1, -0.05) is 31.2 Å². The van der Waals surface area contributed by atoms with Gasteiger partial charge in [0.25, 0.3) is 0 Å². The van der Waals surface area contributed by atoms with E-state index in [1.54, 1.807) is 11.1 Å². The van der Waals surface area contributed by atoms with Crippen molar-refractivity contribution in [2.24, 2.45) is 0 Å². The van der Waals surface area contributed by atoms with Gasteiger partial charge in [-0.3, -0.25) is 4.90 Å². The molecule has 1 heterocycles. The van der Waals surface area contributed by atoms with E-state index in [-0.39, 0.29) is 0 Å². The zero-order chi connectivity index (χ0) is 13.8. The molecular formula is C18H27NO. The lowest BCUT2D eigenvalue weighted by Gasteiger charge is -2.40. The summed E-state index contributed by atoms with van der Waals surface area (Å²) in [5, 5.41) is 0. The molecule has 2 heteroatoms. The van der Waals surface area contributed by atoms with Crippen molar-refractivity contribution in [1.29, 1.82) is 0 Å². The first-order valence-corrected chi connectivity index (χ1v) is 8.29. The minimum Gasteiger partial charge on any atom is -0.377 e. The number of likely N-dealkylation sites (tertiary alicyclic amines) is 1. The van der Waals surface area contributed by atoms with E-state index in [4.69, 9.17) is 4.74 Å². The number of benzene rings is 1. The van der Waals surface area contributed by atoms with Gasteiger partial charge in [-0.15, -0.1) is 0 Å². The second-order valence-corrected chi connectivity index (χ2v) is 6.30. The fourth-order valence-corrected chi connectivity index (χ4v) is 3.71. The Bertz CT molecular complexity index is 431. The molecule has 0 spiro atoms. The van der Waals surface area contributed by atoms with Crippen molar-refractivity contribution >= 4 is 0 Å². The van der Waals surface area contributed by atoms with Gasteiger partial charge in [0.15, 0.2) is 0 Å². The second-order valence-electron chi connectivity index (χ2n) is 6.30. The van der Waals surface area contributed by atoms with E-state index < -0.39 is 0 Å². The van der Waals surface area contributed by atoms with Crippen molar-refractivity contribution in [2.75, 3.05) is 19.7 Å². The van der Waals surface area contributed by atoms with E-state index in [0.717, 1.165) is 25.6 Å². The molecular weight excluding hydrogens is 246 g/mol. The van der Waals surface area contributed by atoms with Crippen molar-refractivity contribution in [3.8, 4) is 0 Å². The zero-order valence-electron chi connectivity index (χ0n) is 12.7. The summed E-state index contributed by atoms with van der Waals surface area (Å²) in [6.45, 7) is 5.52. The number of fused-ring (bicyclic) bond motifs is 1. The maximum Gasteiger partial charge on any atom is 0.0702 e. The van der Waals surface area contributed by atoms with Gasteiger partial charge in [-0.2, -0.15) is 0 Å². The molecule has 2 nitrogen and oxygen atoms in total. The van der Waals surface area contributed by atoms with Crippen LogP contribution in [0.15, 0.2) is 24.3 Å². The fourth-order valence-electron chi connectivity index (χ4n) is 3.71. The second kappa shape index (κ2) is 6.73. The molecule has 1 fully saturated rings. The summed E-state index contributed by atoms with van der Waals surface area (Å²) in [6, 6.07) is 9.71. The number of hydrogen-bond donors (Lipinski definition) is 0. The largest absolute Gasteiger partial charge is 0.377 e. The van der Waals surface area contributed by atoms with Gasteiger partial charge < -0.3 is 4.74 Å². The van der Waals surface area contributed by atoms with E-state index in [1.165, 1.54) is 38.6 Å². The fraction of sp³-hybridized carbons (Fsp3) is 0.667.